The maximum Gasteiger partial charge on any atom is 0.167 e. The van der Waals surface area contributed by atoms with Gasteiger partial charge in [-0.05, 0) is 42.2 Å². The Hall–Kier alpha value is -0.930. The van der Waals surface area contributed by atoms with E-state index in [1.165, 1.54) is 11.1 Å². The highest BCUT2D eigenvalue weighted by Gasteiger charge is 2.28. The molecule has 2 aromatic carbocycles. The van der Waals surface area contributed by atoms with Crippen molar-refractivity contribution in [3.63, 3.8) is 0 Å². The van der Waals surface area contributed by atoms with Crippen LogP contribution in [0.25, 0.3) is 0 Å². The van der Waals surface area contributed by atoms with Gasteiger partial charge in [0.05, 0.1) is 0 Å². The van der Waals surface area contributed by atoms with Crippen molar-refractivity contribution < 1.29 is 4.79 Å². The fraction of sp³-hybridized carbons (Fsp3) is 0.188. The zero-order valence-corrected chi connectivity index (χ0v) is 13.4. The molecular formula is C16H12Br2O. The highest BCUT2D eigenvalue weighted by Crippen LogP contribution is 2.31. The second-order valence-electron chi connectivity index (χ2n) is 4.86. The fourth-order valence-electron chi connectivity index (χ4n) is 2.65. The molecule has 0 amide bonds. The summed E-state index contributed by atoms with van der Waals surface area (Å²) >= 11 is 6.89. The first-order valence-electron chi connectivity index (χ1n) is 6.21. The molecule has 0 heterocycles. The summed E-state index contributed by atoms with van der Waals surface area (Å²) in [5.74, 6) is 0.311. The molecule has 0 aliphatic heterocycles. The number of carbonyl (C=O) groups excluding carboxylic acids is 1. The SMILES string of the molecule is O=C(c1ccc(Br)cc1Br)C1Cc2ccccc2C1. The summed E-state index contributed by atoms with van der Waals surface area (Å²) in [6, 6.07) is 14.1. The number of halogens is 2. The van der Waals surface area contributed by atoms with Gasteiger partial charge in [-0.15, -0.1) is 0 Å². The largest absolute Gasteiger partial charge is 0.294 e. The quantitative estimate of drug-likeness (QED) is 0.684. The van der Waals surface area contributed by atoms with Crippen LogP contribution in [0.5, 0.6) is 0 Å². The van der Waals surface area contributed by atoms with Crippen LogP contribution in [0.4, 0.5) is 0 Å². The highest BCUT2D eigenvalue weighted by atomic mass is 79.9. The number of Topliss-reactive ketones (excluding diaryl/α,β-unsaturated/α-hetero) is 1. The number of benzene rings is 2. The van der Waals surface area contributed by atoms with Gasteiger partial charge in [-0.3, -0.25) is 4.79 Å². The van der Waals surface area contributed by atoms with Crippen LogP contribution in [0, 0.1) is 5.92 Å². The summed E-state index contributed by atoms with van der Waals surface area (Å²) < 4.78 is 1.84. The summed E-state index contributed by atoms with van der Waals surface area (Å²) in [7, 11) is 0. The molecule has 3 heteroatoms. The molecule has 1 nitrogen and oxygen atoms in total. The summed E-state index contributed by atoms with van der Waals surface area (Å²) in [5, 5.41) is 0. The summed E-state index contributed by atoms with van der Waals surface area (Å²) in [6.45, 7) is 0. The van der Waals surface area contributed by atoms with E-state index < -0.39 is 0 Å². The number of fused-ring (bicyclic) bond motifs is 1. The Balaban J connectivity index is 1.87. The minimum absolute atomic E-state index is 0.0786. The second kappa shape index (κ2) is 5.22. The summed E-state index contributed by atoms with van der Waals surface area (Å²) in [6.07, 6.45) is 1.72. The lowest BCUT2D eigenvalue weighted by Gasteiger charge is -2.10. The molecule has 2 aromatic rings. The molecule has 19 heavy (non-hydrogen) atoms. The second-order valence-corrected chi connectivity index (χ2v) is 6.63. The first kappa shape index (κ1) is 13.1. The van der Waals surface area contributed by atoms with Gasteiger partial charge in [-0.25, -0.2) is 0 Å². The molecule has 0 atom stereocenters. The lowest BCUT2D eigenvalue weighted by Crippen LogP contribution is -2.15. The summed E-state index contributed by atoms with van der Waals surface area (Å²) in [4.78, 5) is 12.6. The number of hydrogen-bond acceptors (Lipinski definition) is 1. The Morgan fingerprint density at radius 1 is 1.00 bits per heavy atom. The van der Waals surface area contributed by atoms with Crippen molar-refractivity contribution in [1.29, 1.82) is 0 Å². The fourth-order valence-corrected chi connectivity index (χ4v) is 3.90. The molecule has 0 saturated carbocycles. The molecule has 0 radical (unpaired) electrons. The van der Waals surface area contributed by atoms with Crippen LogP contribution in [0.15, 0.2) is 51.4 Å². The number of hydrogen-bond donors (Lipinski definition) is 0. The van der Waals surface area contributed by atoms with Crippen molar-refractivity contribution in [3.05, 3.63) is 68.1 Å². The molecule has 0 spiro atoms. The van der Waals surface area contributed by atoms with Gasteiger partial charge in [0.1, 0.15) is 0 Å². The highest BCUT2D eigenvalue weighted by molar-refractivity contribution is 9.11. The third-order valence-corrected chi connectivity index (χ3v) is 4.77. The van der Waals surface area contributed by atoms with E-state index in [2.05, 4.69) is 44.0 Å². The minimum atomic E-state index is 0.0786. The van der Waals surface area contributed by atoms with E-state index >= 15 is 0 Å². The Morgan fingerprint density at radius 2 is 1.63 bits per heavy atom. The lowest BCUT2D eigenvalue weighted by molar-refractivity contribution is 0.0924. The van der Waals surface area contributed by atoms with Crippen molar-refractivity contribution in [2.24, 2.45) is 5.92 Å². The van der Waals surface area contributed by atoms with Crippen LogP contribution in [-0.2, 0) is 12.8 Å². The number of carbonyl (C=O) groups is 1. The van der Waals surface area contributed by atoms with E-state index in [1.807, 2.05) is 30.3 Å². The molecule has 3 rings (SSSR count). The van der Waals surface area contributed by atoms with E-state index in [0.717, 1.165) is 27.4 Å². The van der Waals surface area contributed by atoms with Crippen molar-refractivity contribution in [3.8, 4) is 0 Å². The van der Waals surface area contributed by atoms with Crippen molar-refractivity contribution in [1.82, 2.24) is 0 Å². The van der Waals surface area contributed by atoms with E-state index in [1.54, 1.807) is 0 Å². The normalized spacial score (nSPS) is 14.4. The van der Waals surface area contributed by atoms with E-state index in [-0.39, 0.29) is 11.7 Å². The van der Waals surface area contributed by atoms with Crippen LogP contribution in [0.2, 0.25) is 0 Å². The molecule has 96 valence electrons. The molecule has 0 saturated heterocycles. The van der Waals surface area contributed by atoms with Crippen LogP contribution in [-0.4, -0.2) is 5.78 Å². The van der Waals surface area contributed by atoms with Crippen molar-refractivity contribution in [2.45, 2.75) is 12.8 Å². The Morgan fingerprint density at radius 3 is 2.21 bits per heavy atom. The lowest BCUT2D eigenvalue weighted by atomic mass is 9.95. The first-order valence-corrected chi connectivity index (χ1v) is 7.80. The Labute approximate surface area is 129 Å². The predicted octanol–water partition coefficient (Wildman–Crippen LogP) is 4.81. The molecule has 0 fully saturated rings. The van der Waals surface area contributed by atoms with Gasteiger partial charge in [-0.2, -0.15) is 0 Å². The standard InChI is InChI=1S/C16H12Br2O/c17-13-5-6-14(15(18)9-13)16(19)12-7-10-3-1-2-4-11(10)8-12/h1-6,9,12H,7-8H2. The molecule has 0 N–H and O–H groups in total. The van der Waals surface area contributed by atoms with E-state index in [4.69, 9.17) is 0 Å². The third-order valence-electron chi connectivity index (χ3n) is 3.62. The average molecular weight is 380 g/mol. The summed E-state index contributed by atoms with van der Waals surface area (Å²) in [5.41, 5.74) is 3.41. The molecular weight excluding hydrogens is 368 g/mol. The van der Waals surface area contributed by atoms with E-state index in [0.29, 0.717) is 0 Å². The number of ketones is 1. The molecule has 0 bridgehead atoms. The average Bonchev–Trinajstić information content (AvgIpc) is 2.81. The van der Waals surface area contributed by atoms with Crippen molar-refractivity contribution >= 4 is 37.6 Å². The number of rotatable bonds is 2. The monoisotopic (exact) mass is 378 g/mol. The van der Waals surface area contributed by atoms with Gasteiger partial charge in [0.15, 0.2) is 5.78 Å². The maximum absolute atomic E-state index is 12.6. The van der Waals surface area contributed by atoms with Gasteiger partial charge >= 0.3 is 0 Å². The molecule has 1 aliphatic rings. The maximum atomic E-state index is 12.6. The smallest absolute Gasteiger partial charge is 0.167 e. The minimum Gasteiger partial charge on any atom is -0.294 e. The van der Waals surface area contributed by atoms with Crippen LogP contribution < -0.4 is 0 Å². The third kappa shape index (κ3) is 2.54. The first-order chi connectivity index (χ1) is 9.15. The van der Waals surface area contributed by atoms with Crippen molar-refractivity contribution in [2.75, 3.05) is 0 Å². The van der Waals surface area contributed by atoms with Gasteiger partial charge in [0, 0.05) is 20.4 Å². The van der Waals surface area contributed by atoms with Crippen LogP contribution >= 0.6 is 31.9 Å². The van der Waals surface area contributed by atoms with Gasteiger partial charge < -0.3 is 0 Å². The van der Waals surface area contributed by atoms with Gasteiger partial charge in [0.25, 0.3) is 0 Å². The van der Waals surface area contributed by atoms with Gasteiger partial charge in [0.2, 0.25) is 0 Å². The Kier molecular flexibility index (Phi) is 3.59. The van der Waals surface area contributed by atoms with E-state index in [9.17, 15) is 4.79 Å². The van der Waals surface area contributed by atoms with Crippen LogP contribution in [0.3, 0.4) is 0 Å². The molecule has 0 aromatic heterocycles. The Bertz CT molecular complexity index is 624. The predicted molar refractivity (Wildman–Crippen MR) is 83.5 cm³/mol. The molecule has 0 unspecified atom stereocenters. The van der Waals surface area contributed by atoms with Gasteiger partial charge in [-0.1, -0.05) is 56.1 Å². The molecule has 1 aliphatic carbocycles. The van der Waals surface area contributed by atoms with Crippen LogP contribution in [0.1, 0.15) is 21.5 Å². The zero-order chi connectivity index (χ0) is 13.4. The topological polar surface area (TPSA) is 17.1 Å². The zero-order valence-electron chi connectivity index (χ0n) is 10.2.